The van der Waals surface area contributed by atoms with Crippen molar-refractivity contribution in [1.82, 2.24) is 5.32 Å². The van der Waals surface area contributed by atoms with Gasteiger partial charge in [-0.15, -0.1) is 0 Å². The molecule has 1 unspecified atom stereocenters. The zero-order valence-corrected chi connectivity index (χ0v) is 9.05. The van der Waals surface area contributed by atoms with Crippen LogP contribution in [-0.4, -0.2) is 37.5 Å². The SMILES string of the molecule is CCOCCCNC(CO)C(C)C. The second kappa shape index (κ2) is 8.48. The number of hydrogen-bond donors (Lipinski definition) is 2. The smallest absolute Gasteiger partial charge is 0.0587 e. The molecule has 0 bridgehead atoms. The van der Waals surface area contributed by atoms with E-state index in [4.69, 9.17) is 9.84 Å². The molecule has 0 aromatic rings. The normalized spacial score (nSPS) is 13.6. The van der Waals surface area contributed by atoms with Crippen LogP contribution in [0.3, 0.4) is 0 Å². The lowest BCUT2D eigenvalue weighted by Crippen LogP contribution is -2.37. The van der Waals surface area contributed by atoms with Crippen LogP contribution in [0.5, 0.6) is 0 Å². The van der Waals surface area contributed by atoms with Crippen molar-refractivity contribution in [3.8, 4) is 0 Å². The molecule has 3 heteroatoms. The van der Waals surface area contributed by atoms with Crippen LogP contribution in [0.2, 0.25) is 0 Å². The first kappa shape index (κ1) is 12.9. The molecule has 2 N–H and O–H groups in total. The van der Waals surface area contributed by atoms with Crippen molar-refractivity contribution in [2.45, 2.75) is 33.2 Å². The molecule has 0 aromatic heterocycles. The summed E-state index contributed by atoms with van der Waals surface area (Å²) < 4.78 is 5.21. The van der Waals surface area contributed by atoms with Gasteiger partial charge in [-0.25, -0.2) is 0 Å². The second-order valence-corrected chi connectivity index (χ2v) is 3.54. The quantitative estimate of drug-likeness (QED) is 0.560. The van der Waals surface area contributed by atoms with E-state index in [0.717, 1.165) is 26.2 Å². The Hall–Kier alpha value is -0.120. The van der Waals surface area contributed by atoms with Gasteiger partial charge in [0, 0.05) is 19.3 Å². The van der Waals surface area contributed by atoms with Gasteiger partial charge in [0.25, 0.3) is 0 Å². The van der Waals surface area contributed by atoms with Crippen molar-refractivity contribution in [3.05, 3.63) is 0 Å². The predicted molar refractivity (Wildman–Crippen MR) is 54.8 cm³/mol. The summed E-state index contributed by atoms with van der Waals surface area (Å²) in [5.74, 6) is 0.483. The molecule has 0 aromatic carbocycles. The van der Waals surface area contributed by atoms with E-state index in [1.54, 1.807) is 0 Å². The average Bonchev–Trinajstić information content (AvgIpc) is 2.10. The molecule has 0 aliphatic heterocycles. The molecule has 0 spiro atoms. The monoisotopic (exact) mass is 189 g/mol. The lowest BCUT2D eigenvalue weighted by atomic mass is 10.1. The molecule has 1 atom stereocenters. The standard InChI is InChI=1S/C10H23NO2/c1-4-13-7-5-6-11-10(8-12)9(2)3/h9-12H,4-8H2,1-3H3. The van der Waals surface area contributed by atoms with Gasteiger partial charge in [0.1, 0.15) is 0 Å². The zero-order chi connectivity index (χ0) is 10.1. The van der Waals surface area contributed by atoms with E-state index < -0.39 is 0 Å². The Labute approximate surface area is 81.5 Å². The van der Waals surface area contributed by atoms with E-state index >= 15 is 0 Å². The van der Waals surface area contributed by atoms with E-state index in [1.165, 1.54) is 0 Å². The largest absolute Gasteiger partial charge is 0.395 e. The van der Waals surface area contributed by atoms with E-state index in [0.29, 0.717) is 5.92 Å². The van der Waals surface area contributed by atoms with Gasteiger partial charge in [-0.05, 0) is 25.8 Å². The molecule has 0 saturated heterocycles. The van der Waals surface area contributed by atoms with Gasteiger partial charge in [-0.1, -0.05) is 13.8 Å². The van der Waals surface area contributed by atoms with E-state index in [2.05, 4.69) is 19.2 Å². The molecule has 80 valence electrons. The van der Waals surface area contributed by atoms with Gasteiger partial charge in [-0.2, -0.15) is 0 Å². The van der Waals surface area contributed by atoms with Gasteiger partial charge in [0.05, 0.1) is 6.61 Å². The molecule has 0 aliphatic rings. The fraction of sp³-hybridized carbons (Fsp3) is 1.00. The fourth-order valence-corrected chi connectivity index (χ4v) is 1.12. The van der Waals surface area contributed by atoms with Crippen molar-refractivity contribution in [2.75, 3.05) is 26.4 Å². The third-order valence-electron chi connectivity index (χ3n) is 2.08. The minimum Gasteiger partial charge on any atom is -0.395 e. The highest BCUT2D eigenvalue weighted by atomic mass is 16.5. The molecule has 3 nitrogen and oxygen atoms in total. The lowest BCUT2D eigenvalue weighted by Gasteiger charge is -2.19. The van der Waals surface area contributed by atoms with Gasteiger partial charge >= 0.3 is 0 Å². The van der Waals surface area contributed by atoms with Crippen molar-refractivity contribution < 1.29 is 9.84 Å². The van der Waals surface area contributed by atoms with Crippen LogP contribution in [0.25, 0.3) is 0 Å². The summed E-state index contributed by atoms with van der Waals surface area (Å²) in [6.07, 6.45) is 1.01. The summed E-state index contributed by atoms with van der Waals surface area (Å²) >= 11 is 0. The van der Waals surface area contributed by atoms with Crippen LogP contribution >= 0.6 is 0 Å². The zero-order valence-electron chi connectivity index (χ0n) is 9.05. The maximum Gasteiger partial charge on any atom is 0.0587 e. The number of nitrogens with one attached hydrogen (secondary N) is 1. The third kappa shape index (κ3) is 6.99. The van der Waals surface area contributed by atoms with E-state index in [1.807, 2.05) is 6.92 Å². The van der Waals surface area contributed by atoms with E-state index in [9.17, 15) is 0 Å². The highest BCUT2D eigenvalue weighted by Gasteiger charge is 2.09. The van der Waals surface area contributed by atoms with Crippen molar-refractivity contribution >= 4 is 0 Å². The Bertz CT molecular complexity index is 107. The lowest BCUT2D eigenvalue weighted by molar-refractivity contribution is 0.140. The van der Waals surface area contributed by atoms with Crippen molar-refractivity contribution in [3.63, 3.8) is 0 Å². The second-order valence-electron chi connectivity index (χ2n) is 3.54. The highest BCUT2D eigenvalue weighted by molar-refractivity contribution is 4.68. The summed E-state index contributed by atoms with van der Waals surface area (Å²) in [5.41, 5.74) is 0. The highest BCUT2D eigenvalue weighted by Crippen LogP contribution is 1.99. The molecule has 0 fully saturated rings. The van der Waals surface area contributed by atoms with Gasteiger partial charge in [0.2, 0.25) is 0 Å². The summed E-state index contributed by atoms with van der Waals surface area (Å²) in [7, 11) is 0. The summed E-state index contributed by atoms with van der Waals surface area (Å²) in [4.78, 5) is 0. The summed E-state index contributed by atoms with van der Waals surface area (Å²) in [5, 5.41) is 12.3. The Morgan fingerprint density at radius 3 is 2.54 bits per heavy atom. The van der Waals surface area contributed by atoms with Crippen LogP contribution in [0.4, 0.5) is 0 Å². The molecule has 0 heterocycles. The van der Waals surface area contributed by atoms with Crippen LogP contribution < -0.4 is 5.32 Å². The maximum absolute atomic E-state index is 9.01. The Morgan fingerprint density at radius 1 is 1.38 bits per heavy atom. The van der Waals surface area contributed by atoms with Crippen LogP contribution in [0.15, 0.2) is 0 Å². The minimum absolute atomic E-state index is 0.215. The first-order valence-corrected chi connectivity index (χ1v) is 5.14. The first-order chi connectivity index (χ1) is 6.22. The molecule has 0 aliphatic carbocycles. The number of rotatable bonds is 8. The summed E-state index contributed by atoms with van der Waals surface area (Å²) in [6, 6.07) is 0.224. The van der Waals surface area contributed by atoms with Crippen molar-refractivity contribution in [1.29, 1.82) is 0 Å². The first-order valence-electron chi connectivity index (χ1n) is 5.14. The number of ether oxygens (including phenoxy) is 1. The predicted octanol–water partition coefficient (Wildman–Crippen LogP) is 1.02. The Morgan fingerprint density at radius 2 is 2.08 bits per heavy atom. The number of aliphatic hydroxyl groups excluding tert-OH is 1. The van der Waals surface area contributed by atoms with Gasteiger partial charge in [-0.3, -0.25) is 0 Å². The molecule has 0 amide bonds. The minimum atomic E-state index is 0.215. The van der Waals surface area contributed by atoms with Crippen LogP contribution in [-0.2, 0) is 4.74 Å². The van der Waals surface area contributed by atoms with Crippen LogP contribution in [0, 0.1) is 5.92 Å². The Kier molecular flexibility index (Phi) is 8.40. The number of hydrogen-bond acceptors (Lipinski definition) is 3. The fourth-order valence-electron chi connectivity index (χ4n) is 1.12. The average molecular weight is 189 g/mol. The van der Waals surface area contributed by atoms with Crippen LogP contribution in [0.1, 0.15) is 27.2 Å². The van der Waals surface area contributed by atoms with E-state index in [-0.39, 0.29) is 12.6 Å². The molecular weight excluding hydrogens is 166 g/mol. The van der Waals surface area contributed by atoms with Gasteiger partial charge in [0.15, 0.2) is 0 Å². The Balaban J connectivity index is 3.28. The molecule has 13 heavy (non-hydrogen) atoms. The molecular formula is C10H23NO2. The number of aliphatic hydroxyl groups is 1. The molecule has 0 saturated carbocycles. The maximum atomic E-state index is 9.01. The molecule has 0 rings (SSSR count). The topological polar surface area (TPSA) is 41.5 Å². The molecule has 0 radical (unpaired) electrons. The van der Waals surface area contributed by atoms with Gasteiger partial charge < -0.3 is 15.2 Å². The van der Waals surface area contributed by atoms with Crippen molar-refractivity contribution in [2.24, 2.45) is 5.92 Å². The summed E-state index contributed by atoms with van der Waals surface area (Å²) in [6.45, 7) is 8.94. The third-order valence-corrected chi connectivity index (χ3v) is 2.08.